The first-order chi connectivity index (χ1) is 9.66. The first-order valence-electron chi connectivity index (χ1n) is 5.62. The van der Waals surface area contributed by atoms with Crippen molar-refractivity contribution >= 4 is 45.1 Å². The number of nitrogens with one attached hydrogen (secondary N) is 2. The van der Waals surface area contributed by atoms with E-state index < -0.39 is 31.5 Å². The van der Waals surface area contributed by atoms with E-state index in [2.05, 4.69) is 10.0 Å². The summed E-state index contributed by atoms with van der Waals surface area (Å²) in [6.45, 7) is 1.32. The molecule has 3 N–H and O–H groups in total. The lowest BCUT2D eigenvalue weighted by Crippen LogP contribution is -2.33. The fourth-order valence-electron chi connectivity index (χ4n) is 1.44. The molecule has 0 aliphatic heterocycles. The minimum Gasteiger partial charge on any atom is -0.478 e. The van der Waals surface area contributed by atoms with E-state index in [9.17, 15) is 18.0 Å². The molecule has 0 saturated carbocycles. The van der Waals surface area contributed by atoms with Crippen LogP contribution in [0.5, 0.6) is 0 Å². The van der Waals surface area contributed by atoms with Gasteiger partial charge in [0.1, 0.15) is 4.90 Å². The highest BCUT2D eigenvalue weighted by molar-refractivity contribution is 7.89. The molecule has 7 nitrogen and oxygen atoms in total. The normalized spacial score (nSPS) is 11.2. The van der Waals surface area contributed by atoms with Crippen LogP contribution < -0.4 is 10.0 Å². The minimum atomic E-state index is -4.02. The zero-order valence-corrected chi connectivity index (χ0v) is 13.1. The maximum atomic E-state index is 12.0. The second-order valence-electron chi connectivity index (χ2n) is 3.92. The van der Waals surface area contributed by atoms with Crippen molar-refractivity contribution in [2.75, 3.05) is 13.1 Å². The van der Waals surface area contributed by atoms with Gasteiger partial charge in [-0.25, -0.2) is 17.9 Å². The van der Waals surface area contributed by atoms with E-state index in [1.165, 1.54) is 6.92 Å². The molecule has 0 aliphatic rings. The van der Waals surface area contributed by atoms with Crippen molar-refractivity contribution in [3.63, 3.8) is 0 Å². The standard InChI is InChI=1S/C11H12Cl2N2O5S/c1-6(16)14-4-5-15-21(19,20)8-3-2-7(12)9(10(8)13)11(17)18/h2-3,15H,4-5H2,1H3,(H,14,16)(H,17,18). The van der Waals surface area contributed by atoms with Gasteiger partial charge in [0.2, 0.25) is 15.9 Å². The Morgan fingerprint density at radius 3 is 2.38 bits per heavy atom. The number of sulfonamides is 1. The summed E-state index contributed by atoms with van der Waals surface area (Å²) in [5.41, 5.74) is -0.483. The molecule has 0 spiro atoms. The lowest BCUT2D eigenvalue weighted by atomic mass is 10.2. The molecule has 0 saturated heterocycles. The first-order valence-corrected chi connectivity index (χ1v) is 7.86. The summed E-state index contributed by atoms with van der Waals surface area (Å²) in [6.07, 6.45) is 0. The number of amides is 1. The molecule has 10 heteroatoms. The summed E-state index contributed by atoms with van der Waals surface area (Å²) in [7, 11) is -4.02. The quantitative estimate of drug-likeness (QED) is 0.662. The van der Waals surface area contributed by atoms with E-state index in [-0.39, 0.29) is 24.0 Å². The molecule has 0 aromatic heterocycles. The van der Waals surface area contributed by atoms with Crippen LogP contribution in [0.25, 0.3) is 0 Å². The van der Waals surface area contributed by atoms with Gasteiger partial charge in [0.05, 0.1) is 15.6 Å². The molecular formula is C11H12Cl2N2O5S. The van der Waals surface area contributed by atoms with Crippen molar-refractivity contribution in [3.05, 3.63) is 27.7 Å². The number of aromatic carboxylic acids is 1. The predicted molar refractivity (Wildman–Crippen MR) is 77.3 cm³/mol. The summed E-state index contributed by atoms with van der Waals surface area (Å²) >= 11 is 11.5. The molecule has 0 heterocycles. The highest BCUT2D eigenvalue weighted by atomic mass is 35.5. The van der Waals surface area contributed by atoms with Crippen LogP contribution in [0.1, 0.15) is 17.3 Å². The Balaban J connectivity index is 3.01. The lowest BCUT2D eigenvalue weighted by Gasteiger charge is -2.11. The van der Waals surface area contributed by atoms with Gasteiger partial charge >= 0.3 is 5.97 Å². The maximum absolute atomic E-state index is 12.0. The summed E-state index contributed by atoms with van der Waals surface area (Å²) in [5.74, 6) is -1.73. The first kappa shape index (κ1) is 17.7. The number of carbonyl (C=O) groups excluding carboxylic acids is 1. The van der Waals surface area contributed by atoms with Gasteiger partial charge in [-0.15, -0.1) is 0 Å². The lowest BCUT2D eigenvalue weighted by molar-refractivity contribution is -0.118. The zero-order valence-electron chi connectivity index (χ0n) is 10.8. The number of rotatable bonds is 6. The van der Waals surface area contributed by atoms with E-state index >= 15 is 0 Å². The van der Waals surface area contributed by atoms with Gasteiger partial charge in [0, 0.05) is 20.0 Å². The number of hydrogen-bond donors (Lipinski definition) is 3. The fraction of sp³-hybridized carbons (Fsp3) is 0.273. The van der Waals surface area contributed by atoms with Crippen LogP contribution >= 0.6 is 23.2 Å². The summed E-state index contributed by atoms with van der Waals surface area (Å²) < 4.78 is 26.3. The van der Waals surface area contributed by atoms with Crippen LogP contribution in [0, 0.1) is 0 Å². The number of carboxylic acid groups (broad SMARTS) is 1. The van der Waals surface area contributed by atoms with Crippen LogP contribution in [0.2, 0.25) is 10.0 Å². The monoisotopic (exact) mass is 354 g/mol. The topological polar surface area (TPSA) is 113 Å². The van der Waals surface area contributed by atoms with Gasteiger partial charge in [0.25, 0.3) is 0 Å². The summed E-state index contributed by atoms with van der Waals surface area (Å²) in [5, 5.41) is 10.8. The molecule has 0 atom stereocenters. The third-order valence-electron chi connectivity index (χ3n) is 2.35. The van der Waals surface area contributed by atoms with Crippen molar-refractivity contribution < 1.29 is 23.1 Å². The molecule has 0 bridgehead atoms. The Hall–Kier alpha value is -1.35. The van der Waals surface area contributed by atoms with Gasteiger partial charge < -0.3 is 10.4 Å². The van der Waals surface area contributed by atoms with E-state index in [1.54, 1.807) is 0 Å². The van der Waals surface area contributed by atoms with E-state index in [0.717, 1.165) is 12.1 Å². The van der Waals surface area contributed by atoms with Crippen molar-refractivity contribution in [1.29, 1.82) is 0 Å². The van der Waals surface area contributed by atoms with Gasteiger partial charge in [-0.3, -0.25) is 4.79 Å². The van der Waals surface area contributed by atoms with Crippen LogP contribution in [-0.4, -0.2) is 38.5 Å². The van der Waals surface area contributed by atoms with E-state index in [4.69, 9.17) is 28.3 Å². The van der Waals surface area contributed by atoms with Crippen molar-refractivity contribution in [2.24, 2.45) is 0 Å². The van der Waals surface area contributed by atoms with Crippen molar-refractivity contribution in [2.45, 2.75) is 11.8 Å². The molecule has 21 heavy (non-hydrogen) atoms. The average molecular weight is 355 g/mol. The SMILES string of the molecule is CC(=O)NCCNS(=O)(=O)c1ccc(Cl)c(C(=O)O)c1Cl. The minimum absolute atomic E-state index is 0.0662. The second-order valence-corrected chi connectivity index (χ2v) is 6.44. The Kier molecular flexibility index (Phi) is 5.97. The molecule has 116 valence electrons. The van der Waals surface area contributed by atoms with Crippen LogP contribution in [0.4, 0.5) is 0 Å². The smallest absolute Gasteiger partial charge is 0.338 e. The molecule has 1 rings (SSSR count). The van der Waals surface area contributed by atoms with Gasteiger partial charge in [-0.1, -0.05) is 23.2 Å². The van der Waals surface area contributed by atoms with Gasteiger partial charge in [-0.05, 0) is 12.1 Å². The third-order valence-corrected chi connectivity index (χ3v) is 4.67. The molecule has 1 amide bonds. The molecule has 0 radical (unpaired) electrons. The maximum Gasteiger partial charge on any atom is 0.338 e. The molecule has 1 aromatic carbocycles. The van der Waals surface area contributed by atoms with Crippen molar-refractivity contribution in [1.82, 2.24) is 10.0 Å². The molecule has 0 aliphatic carbocycles. The average Bonchev–Trinajstić information content (AvgIpc) is 2.33. The number of halogens is 2. The van der Waals surface area contributed by atoms with Crippen LogP contribution in [0.15, 0.2) is 17.0 Å². The number of carbonyl (C=O) groups is 2. The molecule has 0 unspecified atom stereocenters. The van der Waals surface area contributed by atoms with Crippen LogP contribution in [-0.2, 0) is 14.8 Å². The number of carboxylic acids is 1. The second kappa shape index (κ2) is 7.08. The third kappa shape index (κ3) is 4.57. The van der Waals surface area contributed by atoms with E-state index in [0.29, 0.717) is 0 Å². The van der Waals surface area contributed by atoms with Crippen LogP contribution in [0.3, 0.4) is 0 Å². The predicted octanol–water partition coefficient (Wildman–Crippen LogP) is 1.11. The fourth-order valence-corrected chi connectivity index (χ4v) is 3.39. The van der Waals surface area contributed by atoms with E-state index in [1.807, 2.05) is 0 Å². The summed E-state index contributed by atoms with van der Waals surface area (Å²) in [4.78, 5) is 21.3. The highest BCUT2D eigenvalue weighted by Gasteiger charge is 2.24. The van der Waals surface area contributed by atoms with Gasteiger partial charge in [-0.2, -0.15) is 0 Å². The molecular weight excluding hydrogens is 343 g/mol. The molecule has 0 fully saturated rings. The van der Waals surface area contributed by atoms with Gasteiger partial charge in [0.15, 0.2) is 0 Å². The summed E-state index contributed by atoms with van der Waals surface area (Å²) in [6, 6.07) is 2.25. The van der Waals surface area contributed by atoms with Crippen molar-refractivity contribution in [3.8, 4) is 0 Å². The number of benzene rings is 1. The molecule has 1 aromatic rings. The highest BCUT2D eigenvalue weighted by Crippen LogP contribution is 2.30. The zero-order chi connectivity index (χ0) is 16.2. The Bertz CT molecular complexity index is 675. The Morgan fingerprint density at radius 2 is 1.86 bits per heavy atom. The Labute approximate surface area is 131 Å². The Morgan fingerprint density at radius 1 is 1.24 bits per heavy atom. The number of hydrogen-bond acceptors (Lipinski definition) is 4. The largest absolute Gasteiger partial charge is 0.478 e.